The van der Waals surface area contributed by atoms with Crippen molar-refractivity contribution in [2.24, 2.45) is 5.73 Å². The Labute approximate surface area is 186 Å². The van der Waals surface area contributed by atoms with Gasteiger partial charge in [0.25, 0.3) is 5.91 Å². The minimum Gasteiger partial charge on any atom is -0.496 e. The summed E-state index contributed by atoms with van der Waals surface area (Å²) in [6.45, 7) is 3.70. The number of amides is 2. The SMILES string of the molecule is C=CC(=O)NCCNc1nc(C(N)=O)nc2c(F)c(-c3c(F)cccc3OC)c(Cl)cc12. The number of primary amides is 1. The second-order valence-corrected chi connectivity index (χ2v) is 6.85. The molecule has 2 amide bonds. The number of nitrogens with zero attached hydrogens (tertiary/aromatic N) is 2. The lowest BCUT2D eigenvalue weighted by molar-refractivity contribution is -0.116. The smallest absolute Gasteiger partial charge is 0.286 e. The van der Waals surface area contributed by atoms with E-state index >= 15 is 4.39 Å². The highest BCUT2D eigenvalue weighted by molar-refractivity contribution is 6.34. The first-order chi connectivity index (χ1) is 15.3. The van der Waals surface area contributed by atoms with Crippen molar-refractivity contribution in [1.29, 1.82) is 0 Å². The fraction of sp³-hybridized carbons (Fsp3) is 0.143. The molecule has 8 nitrogen and oxygen atoms in total. The van der Waals surface area contributed by atoms with E-state index in [0.717, 1.165) is 12.1 Å². The maximum absolute atomic E-state index is 15.6. The van der Waals surface area contributed by atoms with Crippen LogP contribution < -0.4 is 21.1 Å². The van der Waals surface area contributed by atoms with E-state index in [1.165, 1.54) is 25.3 Å². The first-order valence-electron chi connectivity index (χ1n) is 9.25. The second-order valence-electron chi connectivity index (χ2n) is 6.44. The van der Waals surface area contributed by atoms with Crippen molar-refractivity contribution >= 4 is 40.1 Å². The lowest BCUT2D eigenvalue weighted by atomic mass is 10.0. The summed E-state index contributed by atoms with van der Waals surface area (Å²) in [6, 6.07) is 5.34. The number of aromatic nitrogens is 2. The van der Waals surface area contributed by atoms with Gasteiger partial charge < -0.3 is 21.1 Å². The summed E-state index contributed by atoms with van der Waals surface area (Å²) in [4.78, 5) is 30.9. The Hall–Kier alpha value is -3.79. The molecule has 11 heteroatoms. The molecular weight excluding hydrogens is 444 g/mol. The maximum atomic E-state index is 15.6. The minimum atomic E-state index is -0.991. The first kappa shape index (κ1) is 22.9. The molecule has 0 atom stereocenters. The number of ether oxygens (including phenoxy) is 1. The molecule has 32 heavy (non-hydrogen) atoms. The van der Waals surface area contributed by atoms with Gasteiger partial charge in [-0.25, -0.2) is 18.7 Å². The van der Waals surface area contributed by atoms with Gasteiger partial charge in [-0.2, -0.15) is 0 Å². The monoisotopic (exact) mass is 461 g/mol. The van der Waals surface area contributed by atoms with Crippen LogP contribution in [0.5, 0.6) is 5.75 Å². The number of rotatable bonds is 8. The fourth-order valence-electron chi connectivity index (χ4n) is 3.03. The van der Waals surface area contributed by atoms with Gasteiger partial charge in [-0.3, -0.25) is 9.59 Å². The summed E-state index contributed by atoms with van der Waals surface area (Å²) in [5.41, 5.74) is 4.52. The standard InChI is InChI=1S/C21H18ClF2N5O3/c1-3-14(30)26-7-8-27-20-10-9-11(22)15(16-12(23)5-4-6-13(16)32-2)17(24)18(10)28-21(29-20)19(25)31/h3-6,9H,1,7-8H2,2H3,(H2,25,31)(H,26,30)(H,27,28,29). The number of nitrogens with two attached hydrogens (primary N) is 1. The normalized spacial score (nSPS) is 10.6. The first-order valence-corrected chi connectivity index (χ1v) is 9.62. The predicted molar refractivity (Wildman–Crippen MR) is 117 cm³/mol. The molecule has 0 saturated carbocycles. The highest BCUT2D eigenvalue weighted by atomic mass is 35.5. The molecule has 4 N–H and O–H groups in total. The number of benzene rings is 2. The van der Waals surface area contributed by atoms with Crippen LogP contribution >= 0.6 is 11.6 Å². The molecule has 0 unspecified atom stereocenters. The molecule has 0 aliphatic carbocycles. The zero-order valence-electron chi connectivity index (χ0n) is 16.8. The summed E-state index contributed by atoms with van der Waals surface area (Å²) in [7, 11) is 1.31. The van der Waals surface area contributed by atoms with E-state index in [1.807, 2.05) is 0 Å². The number of nitrogens with one attached hydrogen (secondary N) is 2. The van der Waals surface area contributed by atoms with Gasteiger partial charge in [0.05, 0.1) is 17.7 Å². The van der Waals surface area contributed by atoms with Gasteiger partial charge in [0.1, 0.15) is 22.9 Å². The molecule has 2 aromatic carbocycles. The number of carbonyl (C=O) groups excluding carboxylic acids is 2. The van der Waals surface area contributed by atoms with Gasteiger partial charge in [0.2, 0.25) is 11.7 Å². The van der Waals surface area contributed by atoms with Crippen molar-refractivity contribution in [2.75, 3.05) is 25.5 Å². The third-order valence-electron chi connectivity index (χ3n) is 4.45. The van der Waals surface area contributed by atoms with Crippen LogP contribution in [0.25, 0.3) is 22.0 Å². The van der Waals surface area contributed by atoms with Gasteiger partial charge >= 0.3 is 0 Å². The number of hydrogen-bond acceptors (Lipinski definition) is 6. The average Bonchev–Trinajstić information content (AvgIpc) is 2.77. The lowest BCUT2D eigenvalue weighted by Gasteiger charge is -2.16. The molecule has 166 valence electrons. The summed E-state index contributed by atoms with van der Waals surface area (Å²) in [5, 5.41) is 5.43. The van der Waals surface area contributed by atoms with Crippen molar-refractivity contribution in [3.05, 3.63) is 59.4 Å². The Balaban J connectivity index is 2.17. The molecule has 1 heterocycles. The van der Waals surface area contributed by atoms with E-state index in [2.05, 4.69) is 27.2 Å². The molecule has 0 aliphatic rings. The molecule has 3 aromatic rings. The van der Waals surface area contributed by atoms with Crippen LogP contribution in [0.15, 0.2) is 36.9 Å². The zero-order chi connectivity index (χ0) is 23.4. The van der Waals surface area contributed by atoms with Crippen molar-refractivity contribution < 1.29 is 23.1 Å². The van der Waals surface area contributed by atoms with Crippen LogP contribution in [-0.2, 0) is 4.79 Å². The Morgan fingerprint density at radius 2 is 2.00 bits per heavy atom. The lowest BCUT2D eigenvalue weighted by Crippen LogP contribution is -2.27. The van der Waals surface area contributed by atoms with Gasteiger partial charge in [-0.1, -0.05) is 24.2 Å². The molecule has 0 saturated heterocycles. The van der Waals surface area contributed by atoms with Crippen LogP contribution in [0.1, 0.15) is 10.6 Å². The summed E-state index contributed by atoms with van der Waals surface area (Å²) < 4.78 is 35.4. The molecule has 0 radical (unpaired) electrons. The van der Waals surface area contributed by atoms with Crippen LogP contribution in [0.4, 0.5) is 14.6 Å². The van der Waals surface area contributed by atoms with E-state index in [0.29, 0.717) is 0 Å². The van der Waals surface area contributed by atoms with Crippen LogP contribution in [0, 0.1) is 11.6 Å². The predicted octanol–water partition coefficient (Wildman–Crippen LogP) is 3.05. The van der Waals surface area contributed by atoms with E-state index in [9.17, 15) is 14.0 Å². The van der Waals surface area contributed by atoms with Crippen molar-refractivity contribution in [3.63, 3.8) is 0 Å². The Morgan fingerprint density at radius 3 is 2.66 bits per heavy atom. The molecule has 3 rings (SSSR count). The molecule has 0 aliphatic heterocycles. The number of fused-ring (bicyclic) bond motifs is 1. The number of methoxy groups -OCH3 is 1. The Morgan fingerprint density at radius 1 is 1.25 bits per heavy atom. The van der Waals surface area contributed by atoms with Crippen molar-refractivity contribution in [1.82, 2.24) is 15.3 Å². The quantitative estimate of drug-likeness (QED) is 0.350. The fourth-order valence-corrected chi connectivity index (χ4v) is 3.31. The summed E-state index contributed by atoms with van der Waals surface area (Å²) >= 11 is 6.33. The van der Waals surface area contributed by atoms with Crippen LogP contribution in [-0.4, -0.2) is 42.0 Å². The number of anilines is 1. The number of carbonyl (C=O) groups is 2. The molecule has 0 fully saturated rings. The van der Waals surface area contributed by atoms with Gasteiger partial charge in [-0.15, -0.1) is 0 Å². The number of halogens is 3. The van der Waals surface area contributed by atoms with Crippen LogP contribution in [0.2, 0.25) is 5.02 Å². The van der Waals surface area contributed by atoms with E-state index in [4.69, 9.17) is 22.1 Å². The van der Waals surface area contributed by atoms with Gasteiger partial charge in [-0.05, 0) is 24.3 Å². The molecule has 0 spiro atoms. The van der Waals surface area contributed by atoms with Crippen molar-refractivity contribution in [3.8, 4) is 16.9 Å². The largest absolute Gasteiger partial charge is 0.496 e. The summed E-state index contributed by atoms with van der Waals surface area (Å²) in [6.07, 6.45) is 1.11. The minimum absolute atomic E-state index is 0.0597. The third kappa shape index (κ3) is 4.45. The molecule has 0 bridgehead atoms. The average molecular weight is 462 g/mol. The molecule has 1 aromatic heterocycles. The highest BCUT2D eigenvalue weighted by Crippen LogP contribution is 2.42. The topological polar surface area (TPSA) is 119 Å². The second kappa shape index (κ2) is 9.56. The van der Waals surface area contributed by atoms with Gasteiger partial charge in [0, 0.05) is 24.0 Å². The van der Waals surface area contributed by atoms with E-state index in [-0.39, 0.29) is 57.6 Å². The zero-order valence-corrected chi connectivity index (χ0v) is 17.6. The highest BCUT2D eigenvalue weighted by Gasteiger charge is 2.24. The number of hydrogen-bond donors (Lipinski definition) is 3. The maximum Gasteiger partial charge on any atom is 0.286 e. The Kier molecular flexibility index (Phi) is 6.84. The summed E-state index contributed by atoms with van der Waals surface area (Å²) in [5.74, 6) is -3.45. The van der Waals surface area contributed by atoms with Gasteiger partial charge in [0.15, 0.2) is 5.82 Å². The third-order valence-corrected chi connectivity index (χ3v) is 4.75. The molecular formula is C21H18ClF2N5O3. The van der Waals surface area contributed by atoms with E-state index < -0.39 is 23.4 Å². The van der Waals surface area contributed by atoms with Crippen LogP contribution in [0.3, 0.4) is 0 Å². The van der Waals surface area contributed by atoms with E-state index in [1.54, 1.807) is 0 Å². The van der Waals surface area contributed by atoms with Crippen molar-refractivity contribution in [2.45, 2.75) is 0 Å². The Bertz CT molecular complexity index is 1240.